The van der Waals surface area contributed by atoms with Crippen molar-refractivity contribution in [3.05, 3.63) is 248 Å². The zero-order valence-corrected chi connectivity index (χ0v) is 38.8. The molecular formula is C65H45N5. The van der Waals surface area contributed by atoms with Crippen LogP contribution in [0, 0.1) is 13.8 Å². The molecular weight excluding hydrogens is 851 g/mol. The van der Waals surface area contributed by atoms with Gasteiger partial charge in [0, 0.05) is 43.9 Å². The fourth-order valence-corrected chi connectivity index (χ4v) is 10.3. The molecule has 0 bridgehead atoms. The van der Waals surface area contributed by atoms with E-state index in [1.54, 1.807) is 0 Å². The van der Waals surface area contributed by atoms with Gasteiger partial charge in [0.15, 0.2) is 17.5 Å². The second-order valence-electron chi connectivity index (χ2n) is 18.2. The first kappa shape index (κ1) is 41.0. The third kappa shape index (κ3) is 7.06. The lowest BCUT2D eigenvalue weighted by Crippen LogP contribution is -2.04. The number of nitrogens with zero attached hydrogens (tertiary/aromatic N) is 5. The molecule has 0 spiro atoms. The van der Waals surface area contributed by atoms with Crippen molar-refractivity contribution < 1.29 is 0 Å². The molecule has 0 radical (unpaired) electrons. The zero-order valence-electron chi connectivity index (χ0n) is 38.8. The molecule has 0 amide bonds. The first-order valence-electron chi connectivity index (χ1n) is 23.8. The topological polar surface area (TPSA) is 48.5 Å². The van der Waals surface area contributed by atoms with Crippen LogP contribution in [0.3, 0.4) is 0 Å². The molecule has 0 saturated carbocycles. The van der Waals surface area contributed by atoms with Crippen molar-refractivity contribution in [1.82, 2.24) is 24.1 Å². The van der Waals surface area contributed by atoms with Gasteiger partial charge in [0.1, 0.15) is 0 Å². The summed E-state index contributed by atoms with van der Waals surface area (Å²) in [6, 6.07) is 84.8. The molecule has 3 aromatic heterocycles. The highest BCUT2D eigenvalue weighted by Gasteiger charge is 2.23. The maximum absolute atomic E-state index is 5.40. The number of hydrogen-bond acceptors (Lipinski definition) is 3. The number of fused-ring (bicyclic) bond motifs is 6. The summed E-state index contributed by atoms with van der Waals surface area (Å²) in [4.78, 5) is 15.9. The largest absolute Gasteiger partial charge is 0.309 e. The molecule has 5 heteroatoms. The minimum atomic E-state index is 0.589. The number of aromatic nitrogens is 5. The Morgan fingerprint density at radius 1 is 0.286 bits per heavy atom. The van der Waals surface area contributed by atoms with E-state index in [9.17, 15) is 0 Å². The van der Waals surface area contributed by atoms with Gasteiger partial charge >= 0.3 is 0 Å². The third-order valence-electron chi connectivity index (χ3n) is 13.7. The van der Waals surface area contributed by atoms with E-state index in [-0.39, 0.29) is 0 Å². The maximum Gasteiger partial charge on any atom is 0.166 e. The molecule has 0 aliphatic heterocycles. The van der Waals surface area contributed by atoms with Crippen LogP contribution >= 0.6 is 0 Å². The summed E-state index contributed by atoms with van der Waals surface area (Å²) in [6.45, 7) is 4.27. The number of para-hydroxylation sites is 2. The van der Waals surface area contributed by atoms with Crippen molar-refractivity contribution in [2.75, 3.05) is 0 Å². The molecule has 0 saturated heterocycles. The molecule has 0 aliphatic rings. The predicted molar refractivity (Wildman–Crippen MR) is 291 cm³/mol. The molecule has 13 rings (SSSR count). The number of benzene rings is 10. The molecule has 0 atom stereocenters. The van der Waals surface area contributed by atoms with Gasteiger partial charge in [-0.2, -0.15) is 0 Å². The summed E-state index contributed by atoms with van der Waals surface area (Å²) in [5, 5.41) is 4.72. The fourth-order valence-electron chi connectivity index (χ4n) is 10.3. The van der Waals surface area contributed by atoms with Crippen molar-refractivity contribution in [2.45, 2.75) is 13.8 Å². The SMILES string of the molecule is Cc1ccc(-c2ccc3c(c2)c2cc(-c4ccc(C)cc4)ccc2n3-c2ccc(-c3cccc4c3c3ccccc3n4-c3ccccc3)cc2-c2nc(-c3ccccc3)nc(-c3ccccc3)n2)cc1. The lowest BCUT2D eigenvalue weighted by Gasteiger charge is -2.17. The van der Waals surface area contributed by atoms with Crippen LogP contribution in [-0.4, -0.2) is 24.1 Å². The second kappa shape index (κ2) is 16.8. The molecule has 0 N–H and O–H groups in total. The smallest absolute Gasteiger partial charge is 0.166 e. The van der Waals surface area contributed by atoms with E-state index in [4.69, 9.17) is 15.0 Å². The van der Waals surface area contributed by atoms with Gasteiger partial charge in [0.2, 0.25) is 0 Å². The minimum Gasteiger partial charge on any atom is -0.309 e. The van der Waals surface area contributed by atoms with Gasteiger partial charge in [-0.1, -0.05) is 187 Å². The van der Waals surface area contributed by atoms with E-state index >= 15 is 0 Å². The Morgan fingerprint density at radius 2 is 0.757 bits per heavy atom. The van der Waals surface area contributed by atoms with Crippen LogP contribution < -0.4 is 0 Å². The van der Waals surface area contributed by atoms with Crippen LogP contribution in [0.15, 0.2) is 237 Å². The summed E-state index contributed by atoms with van der Waals surface area (Å²) >= 11 is 0. The van der Waals surface area contributed by atoms with E-state index in [0.717, 1.165) is 61.3 Å². The summed E-state index contributed by atoms with van der Waals surface area (Å²) < 4.78 is 4.79. The van der Waals surface area contributed by atoms with E-state index in [0.29, 0.717) is 17.5 Å². The summed E-state index contributed by atoms with van der Waals surface area (Å²) in [6.07, 6.45) is 0. The fraction of sp³-hybridized carbons (Fsp3) is 0.0308. The zero-order chi connectivity index (χ0) is 46.7. The van der Waals surface area contributed by atoms with Gasteiger partial charge in [0.05, 0.1) is 27.8 Å². The van der Waals surface area contributed by atoms with E-state index in [2.05, 4.69) is 223 Å². The average molecular weight is 896 g/mol. The second-order valence-corrected chi connectivity index (χ2v) is 18.2. The number of rotatable bonds is 8. The molecule has 0 aliphatic carbocycles. The molecule has 13 aromatic rings. The van der Waals surface area contributed by atoms with E-state index in [1.165, 1.54) is 54.9 Å². The monoisotopic (exact) mass is 895 g/mol. The standard InChI is InChI=1S/C65H45N5/c1-42-25-29-44(30-26-42)48-33-36-58-54(39-48)55-40-49(45-31-27-43(2)28-32-45)34-37-59(55)70(58)60-38-35-50(52-22-14-24-61-62(52)53-21-12-13-23-57(53)69(61)51-19-10-5-11-20-51)41-56(60)65-67-63(46-15-6-3-7-16-46)66-64(68-65)47-17-8-4-9-18-47/h3-41H,1-2H3. The Labute approximate surface area is 406 Å². The quantitative estimate of drug-likeness (QED) is 0.153. The van der Waals surface area contributed by atoms with Crippen molar-refractivity contribution in [2.24, 2.45) is 0 Å². The summed E-state index contributed by atoms with van der Waals surface area (Å²) in [5.41, 5.74) is 18.7. The van der Waals surface area contributed by atoms with Crippen LogP contribution in [-0.2, 0) is 0 Å². The van der Waals surface area contributed by atoms with Crippen molar-refractivity contribution in [3.8, 4) is 78.9 Å². The van der Waals surface area contributed by atoms with Gasteiger partial charge in [-0.15, -0.1) is 0 Å². The van der Waals surface area contributed by atoms with Crippen molar-refractivity contribution in [1.29, 1.82) is 0 Å². The highest BCUT2D eigenvalue weighted by molar-refractivity contribution is 6.16. The Kier molecular flexibility index (Phi) is 9.88. The third-order valence-corrected chi connectivity index (χ3v) is 13.7. The average Bonchev–Trinajstić information content (AvgIpc) is 3.94. The van der Waals surface area contributed by atoms with Gasteiger partial charge in [-0.3, -0.25) is 0 Å². The predicted octanol–water partition coefficient (Wildman–Crippen LogP) is 16.7. The van der Waals surface area contributed by atoms with Crippen molar-refractivity contribution >= 4 is 43.6 Å². The summed E-state index contributed by atoms with van der Waals surface area (Å²) in [5.74, 6) is 1.81. The van der Waals surface area contributed by atoms with Gasteiger partial charge in [0.25, 0.3) is 0 Å². The van der Waals surface area contributed by atoms with Crippen LogP contribution in [0.4, 0.5) is 0 Å². The van der Waals surface area contributed by atoms with Gasteiger partial charge < -0.3 is 9.13 Å². The van der Waals surface area contributed by atoms with Gasteiger partial charge in [-0.05, 0) is 108 Å². The Bertz CT molecular complexity index is 3940. The Morgan fingerprint density at radius 3 is 1.34 bits per heavy atom. The normalized spacial score (nSPS) is 11.6. The molecule has 0 fully saturated rings. The summed E-state index contributed by atoms with van der Waals surface area (Å²) in [7, 11) is 0. The Hall–Kier alpha value is -9.19. The molecule has 70 heavy (non-hydrogen) atoms. The van der Waals surface area contributed by atoms with E-state index in [1.807, 2.05) is 36.4 Å². The minimum absolute atomic E-state index is 0.589. The van der Waals surface area contributed by atoms with Gasteiger partial charge in [-0.25, -0.2) is 15.0 Å². The first-order chi connectivity index (χ1) is 34.5. The van der Waals surface area contributed by atoms with Crippen LogP contribution in [0.2, 0.25) is 0 Å². The maximum atomic E-state index is 5.40. The first-order valence-corrected chi connectivity index (χ1v) is 23.8. The molecule has 10 aromatic carbocycles. The Balaban J connectivity index is 1.11. The van der Waals surface area contributed by atoms with Crippen molar-refractivity contribution in [3.63, 3.8) is 0 Å². The lowest BCUT2D eigenvalue weighted by molar-refractivity contribution is 1.06. The molecule has 0 unspecified atom stereocenters. The van der Waals surface area contributed by atoms with Crippen LogP contribution in [0.5, 0.6) is 0 Å². The molecule has 3 heterocycles. The highest BCUT2D eigenvalue weighted by atomic mass is 15.1. The van der Waals surface area contributed by atoms with Crippen LogP contribution in [0.1, 0.15) is 11.1 Å². The molecule has 330 valence electrons. The highest BCUT2D eigenvalue weighted by Crippen LogP contribution is 2.43. The number of aryl methyl sites for hydroxylation is 2. The lowest BCUT2D eigenvalue weighted by atomic mass is 9.96. The van der Waals surface area contributed by atoms with Crippen LogP contribution in [0.25, 0.3) is 123 Å². The molecule has 5 nitrogen and oxygen atoms in total. The van der Waals surface area contributed by atoms with E-state index < -0.39 is 0 Å². The number of hydrogen-bond donors (Lipinski definition) is 0.